The summed E-state index contributed by atoms with van der Waals surface area (Å²) < 4.78 is 0. The van der Waals surface area contributed by atoms with Gasteiger partial charge < -0.3 is 14.9 Å². The molecule has 172 valence electrons. The lowest BCUT2D eigenvalue weighted by molar-refractivity contribution is 0.426. The minimum absolute atomic E-state index is 0.453. The number of para-hydroxylation sites is 1. The van der Waals surface area contributed by atoms with Crippen LogP contribution in [-0.2, 0) is 0 Å². The molecule has 4 heteroatoms. The maximum Gasteiger partial charge on any atom is 0.488 e. The van der Waals surface area contributed by atoms with E-state index in [9.17, 15) is 10.0 Å². The van der Waals surface area contributed by atoms with Crippen molar-refractivity contribution in [3.05, 3.63) is 133 Å². The molecule has 0 amide bonds. The highest BCUT2D eigenvalue weighted by molar-refractivity contribution is 6.58. The number of nitrogens with zero attached hydrogens (tertiary/aromatic N) is 1. The van der Waals surface area contributed by atoms with Gasteiger partial charge in [-0.05, 0) is 80.6 Å². The van der Waals surface area contributed by atoms with E-state index in [0.29, 0.717) is 5.46 Å². The first-order valence-electron chi connectivity index (χ1n) is 12.0. The van der Waals surface area contributed by atoms with Crippen molar-refractivity contribution in [2.75, 3.05) is 4.90 Å². The van der Waals surface area contributed by atoms with Crippen LogP contribution >= 0.6 is 0 Å². The van der Waals surface area contributed by atoms with Crippen molar-refractivity contribution in [1.29, 1.82) is 0 Å². The van der Waals surface area contributed by atoms with E-state index in [0.717, 1.165) is 22.6 Å². The lowest BCUT2D eigenvalue weighted by Gasteiger charge is -2.26. The van der Waals surface area contributed by atoms with E-state index < -0.39 is 7.12 Å². The summed E-state index contributed by atoms with van der Waals surface area (Å²) in [7, 11) is -1.52. The first kappa shape index (κ1) is 22.1. The Hall–Kier alpha value is -4.38. The van der Waals surface area contributed by atoms with Crippen molar-refractivity contribution in [2.24, 2.45) is 0 Å². The average molecular weight is 465 g/mol. The molecule has 0 fully saturated rings. The zero-order valence-electron chi connectivity index (χ0n) is 19.6. The fraction of sp³-hybridized carbons (Fsp3) is 0. The number of benzene rings is 6. The van der Waals surface area contributed by atoms with Crippen LogP contribution in [0.15, 0.2) is 133 Å². The molecule has 6 rings (SSSR count). The predicted molar refractivity (Wildman–Crippen MR) is 151 cm³/mol. The maximum absolute atomic E-state index is 9.70. The summed E-state index contributed by atoms with van der Waals surface area (Å²) in [5.41, 5.74) is 5.60. The summed E-state index contributed by atoms with van der Waals surface area (Å²) >= 11 is 0. The highest BCUT2D eigenvalue weighted by Gasteiger charge is 2.16. The predicted octanol–water partition coefficient (Wildman–Crippen LogP) is 6.81. The fourth-order valence-electron chi connectivity index (χ4n) is 4.84. The topological polar surface area (TPSA) is 43.7 Å². The monoisotopic (exact) mass is 465 g/mol. The van der Waals surface area contributed by atoms with Crippen LogP contribution < -0.4 is 10.4 Å². The highest BCUT2D eigenvalue weighted by atomic mass is 16.4. The van der Waals surface area contributed by atoms with E-state index in [1.165, 1.54) is 27.1 Å². The van der Waals surface area contributed by atoms with Gasteiger partial charge in [0.05, 0.1) is 0 Å². The van der Waals surface area contributed by atoms with Gasteiger partial charge in [-0.3, -0.25) is 0 Å². The molecule has 0 bridgehead atoms. The molecule has 6 aromatic rings. The van der Waals surface area contributed by atoms with E-state index in [1.807, 2.05) is 42.5 Å². The standard InChI is InChI=1S/C32H24BNO2/c35-33(36)27-8-6-11-30(22-27)34(28-9-2-1-3-10-28)29-18-15-23(16-19-29)25-17-20-32-26(21-25)14-13-24-7-4-5-12-31(24)32/h1-22,35-36H. The van der Waals surface area contributed by atoms with Crippen LogP contribution in [-0.4, -0.2) is 17.2 Å². The first-order chi connectivity index (χ1) is 17.7. The van der Waals surface area contributed by atoms with Crippen LogP contribution in [0, 0.1) is 0 Å². The molecule has 6 aromatic carbocycles. The Labute approximate surface area is 210 Å². The maximum atomic E-state index is 9.70. The van der Waals surface area contributed by atoms with Crippen molar-refractivity contribution in [3.8, 4) is 11.1 Å². The summed E-state index contributed by atoms with van der Waals surface area (Å²) in [6.45, 7) is 0. The second-order valence-corrected chi connectivity index (χ2v) is 8.91. The molecular formula is C32H24BNO2. The van der Waals surface area contributed by atoms with Gasteiger partial charge in [0.1, 0.15) is 0 Å². The van der Waals surface area contributed by atoms with Gasteiger partial charge in [0.2, 0.25) is 0 Å². The average Bonchev–Trinajstić information content (AvgIpc) is 2.94. The minimum Gasteiger partial charge on any atom is -0.423 e. The van der Waals surface area contributed by atoms with E-state index >= 15 is 0 Å². The zero-order valence-corrected chi connectivity index (χ0v) is 19.6. The molecule has 0 saturated carbocycles. The Morgan fingerprint density at radius 1 is 0.444 bits per heavy atom. The van der Waals surface area contributed by atoms with Crippen molar-refractivity contribution in [3.63, 3.8) is 0 Å². The van der Waals surface area contributed by atoms with E-state index in [2.05, 4.69) is 83.8 Å². The Morgan fingerprint density at radius 2 is 1.08 bits per heavy atom. The Balaban J connectivity index is 1.40. The molecular weight excluding hydrogens is 441 g/mol. The minimum atomic E-state index is -1.52. The molecule has 0 saturated heterocycles. The third kappa shape index (κ3) is 4.13. The molecule has 0 atom stereocenters. The third-order valence-corrected chi connectivity index (χ3v) is 6.64. The van der Waals surface area contributed by atoms with Crippen molar-refractivity contribution in [2.45, 2.75) is 0 Å². The van der Waals surface area contributed by atoms with E-state index in [-0.39, 0.29) is 0 Å². The van der Waals surface area contributed by atoms with Crippen LogP contribution in [0.4, 0.5) is 17.1 Å². The summed E-state index contributed by atoms with van der Waals surface area (Å²) in [5, 5.41) is 24.4. The highest BCUT2D eigenvalue weighted by Crippen LogP contribution is 2.36. The number of hydrogen-bond acceptors (Lipinski definition) is 3. The molecule has 36 heavy (non-hydrogen) atoms. The normalized spacial score (nSPS) is 11.1. The van der Waals surface area contributed by atoms with E-state index in [1.54, 1.807) is 12.1 Å². The Bertz CT molecular complexity index is 1660. The smallest absolute Gasteiger partial charge is 0.423 e. The summed E-state index contributed by atoms with van der Waals surface area (Å²) in [5.74, 6) is 0. The van der Waals surface area contributed by atoms with Gasteiger partial charge in [0.25, 0.3) is 0 Å². The SMILES string of the molecule is OB(O)c1cccc(N(c2ccccc2)c2ccc(-c3ccc4c(ccc5ccccc54)c3)cc2)c1. The number of fused-ring (bicyclic) bond motifs is 3. The van der Waals surface area contributed by atoms with Gasteiger partial charge in [-0.15, -0.1) is 0 Å². The van der Waals surface area contributed by atoms with Crippen molar-refractivity contribution in [1.82, 2.24) is 0 Å². The van der Waals surface area contributed by atoms with Crippen LogP contribution in [0.3, 0.4) is 0 Å². The van der Waals surface area contributed by atoms with Gasteiger partial charge in [0, 0.05) is 17.1 Å². The van der Waals surface area contributed by atoms with Gasteiger partial charge in [0.15, 0.2) is 0 Å². The lowest BCUT2D eigenvalue weighted by atomic mass is 9.80. The van der Waals surface area contributed by atoms with Gasteiger partial charge in [-0.25, -0.2) is 0 Å². The van der Waals surface area contributed by atoms with Crippen molar-refractivity contribution < 1.29 is 10.0 Å². The second kappa shape index (κ2) is 9.35. The van der Waals surface area contributed by atoms with Gasteiger partial charge in [-0.2, -0.15) is 0 Å². The zero-order chi connectivity index (χ0) is 24.5. The molecule has 0 aliphatic rings. The molecule has 0 aliphatic carbocycles. The number of anilines is 3. The molecule has 0 aliphatic heterocycles. The largest absolute Gasteiger partial charge is 0.488 e. The second-order valence-electron chi connectivity index (χ2n) is 8.91. The van der Waals surface area contributed by atoms with Gasteiger partial charge >= 0.3 is 7.12 Å². The number of hydrogen-bond donors (Lipinski definition) is 2. The van der Waals surface area contributed by atoms with Crippen molar-refractivity contribution >= 4 is 51.2 Å². The molecule has 2 N–H and O–H groups in total. The van der Waals surface area contributed by atoms with Crippen LogP contribution in [0.5, 0.6) is 0 Å². The third-order valence-electron chi connectivity index (χ3n) is 6.64. The molecule has 0 spiro atoms. The van der Waals surface area contributed by atoms with E-state index in [4.69, 9.17) is 0 Å². The number of rotatable bonds is 5. The first-order valence-corrected chi connectivity index (χ1v) is 12.0. The molecule has 0 radical (unpaired) electrons. The molecule has 0 aromatic heterocycles. The quantitative estimate of drug-likeness (QED) is 0.217. The van der Waals surface area contributed by atoms with Gasteiger partial charge in [-0.1, -0.05) is 91.0 Å². The van der Waals surface area contributed by atoms with Crippen LogP contribution in [0.1, 0.15) is 0 Å². The lowest BCUT2D eigenvalue weighted by Crippen LogP contribution is -2.30. The summed E-state index contributed by atoms with van der Waals surface area (Å²) in [6.07, 6.45) is 0. The van der Waals surface area contributed by atoms with Crippen LogP contribution in [0.25, 0.3) is 32.7 Å². The molecule has 0 unspecified atom stereocenters. The Morgan fingerprint density at radius 3 is 1.89 bits per heavy atom. The van der Waals surface area contributed by atoms with Crippen LogP contribution in [0.2, 0.25) is 0 Å². The molecule has 0 heterocycles. The molecule has 3 nitrogen and oxygen atoms in total. The summed E-state index contributed by atoms with van der Waals surface area (Å²) in [4.78, 5) is 2.11. The summed E-state index contributed by atoms with van der Waals surface area (Å²) in [6, 6.07) is 45.4. The fourth-order valence-corrected chi connectivity index (χ4v) is 4.84. The Kier molecular flexibility index (Phi) is 5.74.